The van der Waals surface area contributed by atoms with E-state index in [2.05, 4.69) is 31.1 Å². The van der Waals surface area contributed by atoms with Crippen molar-refractivity contribution in [3.8, 4) is 0 Å². The first-order chi connectivity index (χ1) is 18.9. The number of ether oxygens (including phenoxy) is 2. The molecule has 212 valence electrons. The molecule has 0 aromatic carbocycles. The van der Waals surface area contributed by atoms with Crippen LogP contribution in [0.15, 0.2) is 24.5 Å². The predicted molar refractivity (Wildman–Crippen MR) is 143 cm³/mol. The van der Waals surface area contributed by atoms with Crippen LogP contribution >= 0.6 is 0 Å². The second-order valence-electron chi connectivity index (χ2n) is 10.2. The van der Waals surface area contributed by atoms with E-state index in [9.17, 15) is 9.59 Å². The number of alkyl carbamates (subject to hydrolysis) is 1. The van der Waals surface area contributed by atoms with Crippen LogP contribution in [-0.4, -0.2) is 53.4 Å². The van der Waals surface area contributed by atoms with E-state index < -0.39 is 24.1 Å². The summed E-state index contributed by atoms with van der Waals surface area (Å²) in [4.78, 5) is 39.6. The summed E-state index contributed by atoms with van der Waals surface area (Å²) in [5.41, 5.74) is 6.19. The van der Waals surface area contributed by atoms with E-state index in [-0.39, 0.29) is 24.1 Å². The number of nitrogens with one attached hydrogen (secondary N) is 3. The molecule has 1 saturated heterocycles. The van der Waals surface area contributed by atoms with Crippen LogP contribution in [-0.2, 0) is 20.8 Å². The van der Waals surface area contributed by atoms with Crippen LogP contribution in [0.25, 0.3) is 0 Å². The second kappa shape index (κ2) is 14.0. The van der Waals surface area contributed by atoms with E-state index in [1.54, 1.807) is 31.3 Å². The van der Waals surface area contributed by atoms with Gasteiger partial charge in [0.25, 0.3) is 0 Å². The highest BCUT2D eigenvalue weighted by atomic mass is 19.1. The average molecular weight is 544 g/mol. The van der Waals surface area contributed by atoms with E-state index in [1.807, 2.05) is 12.1 Å². The lowest BCUT2D eigenvalue weighted by Gasteiger charge is -2.24. The lowest BCUT2D eigenvalue weighted by molar-refractivity contribution is -0.127. The fraction of sp³-hybridized carbons (Fsp3) is 0.593. The Morgan fingerprint density at radius 2 is 1.90 bits per heavy atom. The highest BCUT2D eigenvalue weighted by Crippen LogP contribution is 2.30. The Hall–Kier alpha value is -3.54. The number of aromatic nitrogens is 3. The third-order valence-corrected chi connectivity index (χ3v) is 7.11. The molecular weight excluding hydrogens is 505 g/mol. The van der Waals surface area contributed by atoms with Crippen molar-refractivity contribution in [2.24, 2.45) is 11.8 Å². The van der Waals surface area contributed by atoms with Crippen molar-refractivity contribution in [3.63, 3.8) is 0 Å². The summed E-state index contributed by atoms with van der Waals surface area (Å²) < 4.78 is 26.2. The van der Waals surface area contributed by atoms with Crippen molar-refractivity contribution >= 4 is 23.6 Å². The zero-order valence-electron chi connectivity index (χ0n) is 22.6. The number of hydrazine groups is 1. The molecule has 2 atom stereocenters. The lowest BCUT2D eigenvalue weighted by atomic mass is 9.92. The maximum Gasteiger partial charge on any atom is 0.409 e. The smallest absolute Gasteiger partial charge is 0.409 e. The topological polar surface area (TPSA) is 131 Å². The SMILES string of the molecule is Cc1nc(NNC(=O)[C@@H](CNC(=O)OC2CCCCO2)CC2CCCC2)c(F)c(N(C)Cc2ccncc2)n1. The third kappa shape index (κ3) is 8.47. The van der Waals surface area contributed by atoms with Gasteiger partial charge in [0, 0.05) is 39.0 Å². The molecule has 2 fully saturated rings. The molecule has 2 aromatic heterocycles. The van der Waals surface area contributed by atoms with E-state index in [1.165, 1.54) is 0 Å². The molecule has 1 aliphatic heterocycles. The molecule has 2 amide bonds. The number of hydrogen-bond donors (Lipinski definition) is 3. The molecular formula is C27H38FN7O4. The first-order valence-corrected chi connectivity index (χ1v) is 13.6. The number of rotatable bonds is 11. The van der Waals surface area contributed by atoms with Gasteiger partial charge in [-0.15, -0.1) is 0 Å². The van der Waals surface area contributed by atoms with Gasteiger partial charge in [-0.3, -0.25) is 20.6 Å². The predicted octanol–water partition coefficient (Wildman–Crippen LogP) is 3.85. The van der Waals surface area contributed by atoms with Crippen LogP contribution in [0.5, 0.6) is 0 Å². The largest absolute Gasteiger partial charge is 0.420 e. The van der Waals surface area contributed by atoms with E-state index >= 15 is 4.39 Å². The number of carbonyl (C=O) groups is 2. The van der Waals surface area contributed by atoms with Gasteiger partial charge in [-0.1, -0.05) is 25.7 Å². The summed E-state index contributed by atoms with van der Waals surface area (Å²) in [6.45, 7) is 2.74. The van der Waals surface area contributed by atoms with Gasteiger partial charge < -0.3 is 19.7 Å². The molecule has 12 heteroatoms. The Labute approximate surface area is 228 Å². The van der Waals surface area contributed by atoms with Crippen LogP contribution in [0.3, 0.4) is 0 Å². The number of halogens is 1. The summed E-state index contributed by atoms with van der Waals surface area (Å²) in [5.74, 6) is -0.854. The summed E-state index contributed by atoms with van der Waals surface area (Å²) >= 11 is 0. The standard InChI is InChI=1S/C27H38FN7O4/c1-18-31-24(23(28)25(32-18)35(2)17-20-10-12-29-13-11-20)33-34-26(36)21(15-19-7-3-4-8-19)16-30-27(37)39-22-9-5-6-14-38-22/h10-13,19,21-22H,3-9,14-17H2,1-2H3,(H,30,37)(H,34,36)(H,31,32,33)/t21-,22?/m1/s1. The average Bonchev–Trinajstić information content (AvgIpc) is 3.45. The quantitative estimate of drug-likeness (QED) is 0.362. The molecule has 39 heavy (non-hydrogen) atoms. The summed E-state index contributed by atoms with van der Waals surface area (Å²) in [7, 11) is 1.73. The second-order valence-corrected chi connectivity index (χ2v) is 10.2. The van der Waals surface area contributed by atoms with Gasteiger partial charge in [-0.05, 0) is 49.8 Å². The van der Waals surface area contributed by atoms with Crippen LogP contribution in [0.4, 0.5) is 20.8 Å². The molecule has 1 unspecified atom stereocenters. The summed E-state index contributed by atoms with van der Waals surface area (Å²) in [6, 6.07) is 3.69. The van der Waals surface area contributed by atoms with Crippen molar-refractivity contribution in [3.05, 3.63) is 41.7 Å². The fourth-order valence-corrected chi connectivity index (χ4v) is 5.04. The first-order valence-electron chi connectivity index (χ1n) is 13.6. The number of hydrogen-bond acceptors (Lipinski definition) is 9. The molecule has 4 rings (SSSR count). The van der Waals surface area contributed by atoms with E-state index in [0.29, 0.717) is 37.7 Å². The van der Waals surface area contributed by atoms with Crippen LogP contribution < -0.4 is 21.1 Å². The maximum atomic E-state index is 15.4. The van der Waals surface area contributed by atoms with Crippen LogP contribution in [0, 0.1) is 24.6 Å². The van der Waals surface area contributed by atoms with Gasteiger partial charge >= 0.3 is 6.09 Å². The van der Waals surface area contributed by atoms with Crippen molar-refractivity contribution in [1.82, 2.24) is 25.7 Å². The van der Waals surface area contributed by atoms with Crippen LogP contribution in [0.2, 0.25) is 0 Å². The Morgan fingerprint density at radius 3 is 2.62 bits per heavy atom. The van der Waals surface area contributed by atoms with Gasteiger partial charge in [0.1, 0.15) is 5.82 Å². The molecule has 1 saturated carbocycles. The molecule has 11 nitrogen and oxygen atoms in total. The zero-order chi connectivity index (χ0) is 27.6. The van der Waals surface area contributed by atoms with Crippen molar-refractivity contribution in [2.75, 3.05) is 30.5 Å². The van der Waals surface area contributed by atoms with Crippen molar-refractivity contribution < 1.29 is 23.5 Å². The van der Waals surface area contributed by atoms with Crippen LogP contribution in [0.1, 0.15) is 62.8 Å². The minimum absolute atomic E-state index is 0.0980. The Morgan fingerprint density at radius 1 is 1.15 bits per heavy atom. The summed E-state index contributed by atoms with van der Waals surface area (Å²) in [5, 5.41) is 2.71. The van der Waals surface area contributed by atoms with Crippen molar-refractivity contribution in [2.45, 2.75) is 71.1 Å². The Balaban J connectivity index is 1.37. The monoisotopic (exact) mass is 543 g/mol. The van der Waals surface area contributed by atoms with Gasteiger partial charge in [0.05, 0.1) is 12.5 Å². The molecule has 0 bridgehead atoms. The fourth-order valence-electron chi connectivity index (χ4n) is 5.04. The number of pyridine rings is 1. The maximum absolute atomic E-state index is 15.4. The molecule has 2 aromatic rings. The molecule has 0 spiro atoms. The first kappa shape index (κ1) is 28.5. The van der Waals surface area contributed by atoms with Gasteiger partial charge in [0.15, 0.2) is 11.6 Å². The zero-order valence-corrected chi connectivity index (χ0v) is 22.6. The summed E-state index contributed by atoms with van der Waals surface area (Å²) in [6.07, 6.45) is 9.70. The highest BCUT2D eigenvalue weighted by Gasteiger charge is 2.27. The number of carbonyl (C=O) groups excluding carboxylic acids is 2. The van der Waals surface area contributed by atoms with Crippen molar-refractivity contribution in [1.29, 1.82) is 0 Å². The molecule has 3 N–H and O–H groups in total. The molecule has 3 heterocycles. The third-order valence-electron chi connectivity index (χ3n) is 7.11. The van der Waals surface area contributed by atoms with E-state index in [4.69, 9.17) is 9.47 Å². The highest BCUT2D eigenvalue weighted by molar-refractivity contribution is 5.80. The Bertz CT molecular complexity index is 1100. The number of amides is 2. The van der Waals surface area contributed by atoms with E-state index in [0.717, 1.165) is 44.1 Å². The molecule has 1 aliphatic carbocycles. The minimum atomic E-state index is -0.681. The van der Waals surface area contributed by atoms with Gasteiger partial charge in [-0.2, -0.15) is 4.39 Å². The molecule has 2 aliphatic rings. The number of anilines is 2. The normalized spacial score (nSPS) is 18.3. The van der Waals surface area contributed by atoms with Gasteiger partial charge in [-0.25, -0.2) is 14.8 Å². The Kier molecular flexibility index (Phi) is 10.2. The molecule has 0 radical (unpaired) electrons. The minimum Gasteiger partial charge on any atom is -0.420 e. The lowest BCUT2D eigenvalue weighted by Crippen LogP contribution is -2.43. The van der Waals surface area contributed by atoms with Gasteiger partial charge in [0.2, 0.25) is 18.0 Å². The number of nitrogens with zero attached hydrogens (tertiary/aromatic N) is 4. The number of aryl methyl sites for hydroxylation is 1.